The molecule has 0 bridgehead atoms. The highest BCUT2D eigenvalue weighted by Gasteiger charge is 2.31. The number of carbonyl (C=O) groups excluding carboxylic acids is 3. The molecule has 1 aromatic heterocycles. The van der Waals surface area contributed by atoms with Gasteiger partial charge in [-0.05, 0) is 26.2 Å². The maximum Gasteiger partial charge on any atom is 0.409 e. The predicted molar refractivity (Wildman–Crippen MR) is 157 cm³/mol. The lowest BCUT2D eigenvalue weighted by Crippen LogP contribution is -2.56. The number of ether oxygens (including phenoxy) is 2. The van der Waals surface area contributed by atoms with Crippen molar-refractivity contribution in [2.45, 2.75) is 44.8 Å². The van der Waals surface area contributed by atoms with Crippen LogP contribution in [0.3, 0.4) is 0 Å². The minimum absolute atomic E-state index is 0.0361. The van der Waals surface area contributed by atoms with E-state index in [0.29, 0.717) is 30.4 Å². The van der Waals surface area contributed by atoms with Gasteiger partial charge in [0.1, 0.15) is 17.6 Å². The molecule has 1 unspecified atom stereocenters. The fourth-order valence-electron chi connectivity index (χ4n) is 4.70. The highest BCUT2D eigenvalue weighted by Crippen LogP contribution is 2.20. The van der Waals surface area contributed by atoms with Crippen LogP contribution in [0.4, 0.5) is 10.6 Å². The van der Waals surface area contributed by atoms with Crippen LogP contribution in [0.1, 0.15) is 43.1 Å². The third-order valence-electron chi connectivity index (χ3n) is 6.89. The summed E-state index contributed by atoms with van der Waals surface area (Å²) < 4.78 is 10.7. The van der Waals surface area contributed by atoms with Crippen LogP contribution in [0.5, 0.6) is 0 Å². The van der Waals surface area contributed by atoms with Gasteiger partial charge < -0.3 is 40.1 Å². The van der Waals surface area contributed by atoms with Crippen LogP contribution >= 0.6 is 0 Å². The van der Waals surface area contributed by atoms with Crippen LogP contribution in [-0.2, 0) is 23.9 Å². The average Bonchev–Trinajstić information content (AvgIpc) is 3.56. The second kappa shape index (κ2) is 17.4. The highest BCUT2D eigenvalue weighted by atomic mass is 16.6. The van der Waals surface area contributed by atoms with Crippen LogP contribution < -0.4 is 10.6 Å². The first kappa shape index (κ1) is 33.7. The smallest absolute Gasteiger partial charge is 0.409 e. The Bertz CT molecular complexity index is 1270. The van der Waals surface area contributed by atoms with Gasteiger partial charge >= 0.3 is 12.1 Å². The van der Waals surface area contributed by atoms with Gasteiger partial charge in [-0.25, -0.2) is 14.8 Å². The molecule has 2 aliphatic rings. The van der Waals surface area contributed by atoms with Crippen LogP contribution in [-0.4, -0.2) is 118 Å². The summed E-state index contributed by atoms with van der Waals surface area (Å²) in [4.78, 5) is 70.6. The van der Waals surface area contributed by atoms with E-state index in [4.69, 9.17) is 19.4 Å². The molecule has 3 heterocycles. The number of nitrogens with zero attached hydrogens (tertiary/aromatic N) is 4. The fraction of sp³-hybridized carbons (Fsp3) is 0.483. The molecule has 4 rings (SSSR count). The summed E-state index contributed by atoms with van der Waals surface area (Å²) >= 11 is 0. The van der Waals surface area contributed by atoms with Crippen molar-refractivity contribution in [1.82, 2.24) is 25.1 Å². The Morgan fingerprint density at radius 1 is 1.11 bits per heavy atom. The molecule has 0 aliphatic carbocycles. The number of nitrogens with one attached hydrogen (secondary N) is 2. The summed E-state index contributed by atoms with van der Waals surface area (Å²) in [5.74, 6) is -1.37. The Morgan fingerprint density at radius 3 is 2.41 bits per heavy atom. The largest absolute Gasteiger partial charge is 0.483 e. The molecule has 15 nitrogen and oxygen atoms in total. The third-order valence-corrected chi connectivity index (χ3v) is 6.89. The summed E-state index contributed by atoms with van der Waals surface area (Å²) in [7, 11) is 0. The minimum atomic E-state index is -1.09. The van der Waals surface area contributed by atoms with Crippen molar-refractivity contribution in [3.05, 3.63) is 42.1 Å². The van der Waals surface area contributed by atoms with E-state index in [1.54, 1.807) is 6.92 Å². The highest BCUT2D eigenvalue weighted by molar-refractivity contribution is 5.97. The lowest BCUT2D eigenvalue weighted by atomic mass is 10.1. The summed E-state index contributed by atoms with van der Waals surface area (Å²) in [6.45, 7) is 3.97. The number of amides is 3. The van der Waals surface area contributed by atoms with Gasteiger partial charge in [0, 0.05) is 57.4 Å². The lowest BCUT2D eigenvalue weighted by molar-refractivity contribution is -0.138. The topological polar surface area (TPSA) is 201 Å². The second-order valence-corrected chi connectivity index (χ2v) is 9.92. The van der Waals surface area contributed by atoms with Crippen molar-refractivity contribution in [2.24, 2.45) is 0 Å². The van der Waals surface area contributed by atoms with Crippen molar-refractivity contribution < 1.29 is 43.7 Å². The zero-order valence-corrected chi connectivity index (χ0v) is 24.5. The first-order chi connectivity index (χ1) is 21.2. The molecule has 0 radical (unpaired) electrons. The Morgan fingerprint density at radius 2 is 1.80 bits per heavy atom. The first-order valence-electron chi connectivity index (χ1n) is 14.4. The van der Waals surface area contributed by atoms with Crippen molar-refractivity contribution >= 4 is 36.2 Å². The molecule has 2 saturated heterocycles. The summed E-state index contributed by atoms with van der Waals surface area (Å²) in [5.41, 5.74) is 0.745. The molecule has 2 fully saturated rings. The van der Waals surface area contributed by atoms with Crippen molar-refractivity contribution in [2.75, 3.05) is 51.3 Å². The zero-order chi connectivity index (χ0) is 31.9. The first-order valence-corrected chi connectivity index (χ1v) is 14.4. The van der Waals surface area contributed by atoms with Crippen molar-refractivity contribution in [3.63, 3.8) is 0 Å². The second-order valence-electron chi connectivity index (χ2n) is 9.92. The Labute approximate surface area is 254 Å². The third kappa shape index (κ3) is 10.2. The molecule has 3 amide bonds. The molecule has 1 aromatic carbocycles. The van der Waals surface area contributed by atoms with Crippen LogP contribution in [0.25, 0.3) is 11.4 Å². The number of benzene rings is 1. The van der Waals surface area contributed by atoms with Crippen molar-refractivity contribution in [1.29, 1.82) is 0 Å². The zero-order valence-electron chi connectivity index (χ0n) is 24.5. The lowest BCUT2D eigenvalue weighted by Gasteiger charge is -2.35. The summed E-state index contributed by atoms with van der Waals surface area (Å²) in [6, 6.07) is 9.62. The quantitative estimate of drug-likeness (QED) is 0.267. The van der Waals surface area contributed by atoms with E-state index in [0.717, 1.165) is 12.8 Å². The molecule has 2 aromatic rings. The van der Waals surface area contributed by atoms with Crippen LogP contribution in [0, 0.1) is 0 Å². The number of carboxylic acid groups (broad SMARTS) is 2. The van der Waals surface area contributed by atoms with Gasteiger partial charge in [0.25, 0.3) is 12.4 Å². The van der Waals surface area contributed by atoms with Crippen LogP contribution in [0.15, 0.2) is 36.4 Å². The van der Waals surface area contributed by atoms with Gasteiger partial charge in [0.2, 0.25) is 5.91 Å². The number of rotatable bonds is 11. The van der Waals surface area contributed by atoms with Gasteiger partial charge in [-0.1, -0.05) is 30.3 Å². The molecule has 44 heavy (non-hydrogen) atoms. The Balaban J connectivity index is 0.00000169. The number of carbonyl (C=O) groups is 5. The molecule has 2 aliphatic heterocycles. The van der Waals surface area contributed by atoms with Gasteiger partial charge in [0.15, 0.2) is 5.82 Å². The molecule has 4 N–H and O–H groups in total. The Kier molecular flexibility index (Phi) is 13.3. The van der Waals surface area contributed by atoms with Gasteiger partial charge in [0.05, 0.1) is 12.7 Å². The number of anilines is 1. The summed E-state index contributed by atoms with van der Waals surface area (Å²) in [6.07, 6.45) is 1.11. The van der Waals surface area contributed by atoms with E-state index in [1.165, 1.54) is 15.9 Å². The molecule has 15 heteroatoms. The van der Waals surface area contributed by atoms with E-state index in [2.05, 4.69) is 20.6 Å². The standard InChI is InChI=1S/C28H36N6O7.CH2O2/c1-2-40-28(39)34-14-12-33(13-15-34)27(38)21(10-11-24(35)36)31-26(37)22-17-23(29-18-20-9-6-16-41-20)32-25(30-22)19-7-4-3-5-8-19;2-1-3/h3-5,7-8,17,20-21H,2,6,9-16,18H2,1H3,(H,31,37)(H,35,36)(H,29,30,32);1H,(H,2,3)/t20-,21?;/m0./s1. The van der Waals surface area contributed by atoms with Gasteiger partial charge in [-0.3, -0.25) is 19.2 Å². The van der Waals surface area contributed by atoms with Gasteiger partial charge in [-0.2, -0.15) is 0 Å². The van der Waals surface area contributed by atoms with Gasteiger partial charge in [-0.15, -0.1) is 0 Å². The predicted octanol–water partition coefficient (Wildman–Crippen LogP) is 1.70. The molecule has 238 valence electrons. The number of piperazine rings is 1. The maximum atomic E-state index is 13.5. The van der Waals surface area contributed by atoms with E-state index >= 15 is 0 Å². The van der Waals surface area contributed by atoms with E-state index in [-0.39, 0.29) is 63.9 Å². The van der Waals surface area contributed by atoms with E-state index < -0.39 is 29.9 Å². The number of carboxylic acids is 1. The monoisotopic (exact) mass is 614 g/mol. The van der Waals surface area contributed by atoms with Crippen LogP contribution in [0.2, 0.25) is 0 Å². The maximum absolute atomic E-state index is 13.5. The minimum Gasteiger partial charge on any atom is -0.483 e. The normalized spacial score (nSPS) is 16.6. The molecule has 2 atom stereocenters. The SMILES string of the molecule is CCOC(=O)N1CCN(C(=O)C(CCC(=O)O)NC(=O)c2cc(NC[C@@H]3CCCO3)nc(-c3ccccc3)n2)CC1.O=CO. The number of hydrogen-bond acceptors (Lipinski definition) is 10. The molecule has 0 saturated carbocycles. The molecular weight excluding hydrogens is 576 g/mol. The fourth-order valence-corrected chi connectivity index (χ4v) is 4.70. The molecule has 0 spiro atoms. The average molecular weight is 615 g/mol. The van der Waals surface area contributed by atoms with E-state index in [1.807, 2.05) is 30.3 Å². The Hall–Kier alpha value is -4.79. The number of aromatic nitrogens is 2. The number of aliphatic carboxylic acids is 1. The number of hydrogen-bond donors (Lipinski definition) is 4. The van der Waals surface area contributed by atoms with E-state index in [9.17, 15) is 24.3 Å². The summed E-state index contributed by atoms with van der Waals surface area (Å²) in [5, 5.41) is 22.1. The van der Waals surface area contributed by atoms with Crippen molar-refractivity contribution in [3.8, 4) is 11.4 Å². The molecular formula is C29H38N6O9.